The topological polar surface area (TPSA) is 64.8 Å². The number of piperidine rings is 1. The van der Waals surface area contributed by atoms with E-state index in [1.54, 1.807) is 13.2 Å². The number of benzene rings is 1. The second kappa shape index (κ2) is 7.02. The molecular formula is C20H24N2O4. The van der Waals surface area contributed by atoms with Crippen molar-refractivity contribution >= 4 is 5.91 Å². The van der Waals surface area contributed by atoms with Crippen LogP contribution in [0.3, 0.4) is 0 Å². The average Bonchev–Trinajstić information content (AvgIpc) is 3.41. The predicted octanol–water partition coefficient (Wildman–Crippen LogP) is 3.32. The fourth-order valence-corrected chi connectivity index (χ4v) is 4.19. The van der Waals surface area contributed by atoms with Crippen LogP contribution in [-0.4, -0.2) is 41.8 Å². The predicted molar refractivity (Wildman–Crippen MR) is 95.5 cm³/mol. The Morgan fingerprint density at radius 2 is 2.04 bits per heavy atom. The molecule has 6 nitrogen and oxygen atoms in total. The first-order valence-corrected chi connectivity index (χ1v) is 9.24. The summed E-state index contributed by atoms with van der Waals surface area (Å²) in [6, 6.07) is 9.67. The van der Waals surface area contributed by atoms with Gasteiger partial charge in [0.15, 0.2) is 5.69 Å². The van der Waals surface area contributed by atoms with Gasteiger partial charge in [-0.2, -0.15) is 0 Å². The lowest BCUT2D eigenvalue weighted by Gasteiger charge is -2.34. The lowest BCUT2D eigenvalue weighted by Crippen LogP contribution is -2.47. The summed E-state index contributed by atoms with van der Waals surface area (Å²) in [6.07, 6.45) is 4.01. The first kappa shape index (κ1) is 16.9. The third kappa shape index (κ3) is 3.04. The second-order valence-electron chi connectivity index (χ2n) is 7.03. The van der Waals surface area contributed by atoms with Crippen LogP contribution in [0.4, 0.5) is 0 Å². The minimum Gasteiger partial charge on any atom is -0.497 e. The van der Waals surface area contributed by atoms with Gasteiger partial charge in [0.2, 0.25) is 0 Å². The molecule has 2 heterocycles. The number of carbonyl (C=O) groups excluding carboxylic acids is 1. The Balaban J connectivity index is 1.47. The molecule has 2 aliphatic rings. The molecule has 1 amide bonds. The lowest BCUT2D eigenvalue weighted by atomic mass is 9.99. The molecule has 4 rings (SSSR count). The van der Waals surface area contributed by atoms with Gasteiger partial charge >= 0.3 is 0 Å². The summed E-state index contributed by atoms with van der Waals surface area (Å²) in [7, 11) is 1.64. The van der Waals surface area contributed by atoms with Crippen LogP contribution in [0.2, 0.25) is 0 Å². The molecule has 2 bridgehead atoms. The normalized spacial score (nSPS) is 24.1. The van der Waals surface area contributed by atoms with Crippen molar-refractivity contribution in [2.75, 3.05) is 13.7 Å². The van der Waals surface area contributed by atoms with Gasteiger partial charge in [-0.05, 0) is 49.4 Å². The van der Waals surface area contributed by atoms with Crippen molar-refractivity contribution in [1.29, 1.82) is 0 Å². The number of aromatic nitrogens is 1. The monoisotopic (exact) mass is 356 g/mol. The Morgan fingerprint density at radius 1 is 1.27 bits per heavy atom. The van der Waals surface area contributed by atoms with E-state index in [1.165, 1.54) is 0 Å². The maximum Gasteiger partial charge on any atom is 0.276 e. The first-order valence-electron chi connectivity index (χ1n) is 9.24. The van der Waals surface area contributed by atoms with E-state index in [0.29, 0.717) is 24.3 Å². The lowest BCUT2D eigenvalue weighted by molar-refractivity contribution is 0.0496. The number of aryl methyl sites for hydroxylation is 1. The molecule has 1 aliphatic heterocycles. The third-order valence-electron chi connectivity index (χ3n) is 5.58. The van der Waals surface area contributed by atoms with Crippen molar-refractivity contribution < 1.29 is 18.8 Å². The van der Waals surface area contributed by atoms with Gasteiger partial charge < -0.3 is 18.9 Å². The summed E-state index contributed by atoms with van der Waals surface area (Å²) >= 11 is 0. The number of ether oxygens (including phenoxy) is 2. The summed E-state index contributed by atoms with van der Waals surface area (Å²) < 4.78 is 16.4. The maximum atomic E-state index is 13.0. The van der Waals surface area contributed by atoms with E-state index in [0.717, 1.165) is 42.9 Å². The van der Waals surface area contributed by atoms with Gasteiger partial charge in [-0.3, -0.25) is 4.79 Å². The molecule has 1 aromatic carbocycles. The highest BCUT2D eigenvalue weighted by Crippen LogP contribution is 2.43. The minimum absolute atomic E-state index is 0.0380. The number of hydrogen-bond acceptors (Lipinski definition) is 5. The Labute approximate surface area is 153 Å². The highest BCUT2D eigenvalue weighted by Gasteiger charge is 2.49. The Morgan fingerprint density at radius 3 is 2.73 bits per heavy atom. The number of fused-ring (bicyclic) bond motifs is 2. The largest absolute Gasteiger partial charge is 0.497 e. The van der Waals surface area contributed by atoms with Crippen LogP contribution in [-0.2, 0) is 6.42 Å². The van der Waals surface area contributed by atoms with Gasteiger partial charge in [0, 0.05) is 18.5 Å². The van der Waals surface area contributed by atoms with Gasteiger partial charge in [0.25, 0.3) is 5.91 Å². The molecule has 26 heavy (non-hydrogen) atoms. The van der Waals surface area contributed by atoms with E-state index in [1.807, 2.05) is 36.1 Å². The summed E-state index contributed by atoms with van der Waals surface area (Å²) in [6.45, 7) is 2.48. The van der Waals surface area contributed by atoms with E-state index in [9.17, 15) is 4.79 Å². The molecule has 0 unspecified atom stereocenters. The molecular weight excluding hydrogens is 332 g/mol. The number of rotatable bonds is 6. The quantitative estimate of drug-likeness (QED) is 0.794. The van der Waals surface area contributed by atoms with E-state index in [2.05, 4.69) is 5.16 Å². The second-order valence-corrected chi connectivity index (χ2v) is 7.03. The van der Waals surface area contributed by atoms with Gasteiger partial charge in [-0.15, -0.1) is 0 Å². The van der Waals surface area contributed by atoms with Gasteiger partial charge in [0.05, 0.1) is 13.2 Å². The molecule has 0 N–H and O–H groups in total. The molecule has 1 saturated heterocycles. The molecule has 0 radical (unpaired) electrons. The Bertz CT molecular complexity index is 770. The van der Waals surface area contributed by atoms with Crippen LogP contribution >= 0.6 is 0 Å². The molecule has 1 aliphatic carbocycles. The van der Waals surface area contributed by atoms with E-state index in [-0.39, 0.29) is 11.9 Å². The van der Waals surface area contributed by atoms with Gasteiger partial charge in [-0.1, -0.05) is 12.1 Å². The number of hydrogen-bond donors (Lipinski definition) is 0. The first-order chi connectivity index (χ1) is 12.7. The summed E-state index contributed by atoms with van der Waals surface area (Å²) in [4.78, 5) is 15.0. The zero-order chi connectivity index (χ0) is 18.1. The van der Waals surface area contributed by atoms with Crippen LogP contribution in [0.5, 0.6) is 11.5 Å². The standard InChI is InChI=1S/C20H24N2O4/c1-3-15-11-18(21-26-15)20(23)22-14-5-4-13(10-14)19(22)12-25-17-8-6-16(24-2)7-9-17/h6-9,11,13-14,19H,3-5,10,12H2,1-2H3/t13-,14-,19-/m1/s1. The number of methoxy groups -OCH3 is 1. The van der Waals surface area contributed by atoms with E-state index in [4.69, 9.17) is 14.0 Å². The van der Waals surface area contributed by atoms with E-state index >= 15 is 0 Å². The molecule has 1 saturated carbocycles. The van der Waals surface area contributed by atoms with Crippen molar-refractivity contribution in [3.05, 3.63) is 41.8 Å². The summed E-state index contributed by atoms with van der Waals surface area (Å²) in [5.74, 6) is 2.79. The van der Waals surface area contributed by atoms with E-state index < -0.39 is 0 Å². The van der Waals surface area contributed by atoms with Crippen LogP contribution in [0.1, 0.15) is 42.4 Å². The zero-order valence-corrected chi connectivity index (χ0v) is 15.2. The van der Waals surface area contributed by atoms with Crippen LogP contribution in [0, 0.1) is 5.92 Å². The van der Waals surface area contributed by atoms with Gasteiger partial charge in [0.1, 0.15) is 23.9 Å². The zero-order valence-electron chi connectivity index (χ0n) is 15.2. The van der Waals surface area contributed by atoms with Crippen LogP contribution in [0.15, 0.2) is 34.9 Å². The number of likely N-dealkylation sites (tertiary alicyclic amines) is 1. The molecule has 3 atom stereocenters. The molecule has 1 aromatic heterocycles. The van der Waals surface area contributed by atoms with Crippen molar-refractivity contribution in [1.82, 2.24) is 10.1 Å². The summed E-state index contributed by atoms with van der Waals surface area (Å²) in [5, 5.41) is 3.97. The summed E-state index contributed by atoms with van der Waals surface area (Å²) in [5.41, 5.74) is 0.406. The van der Waals surface area contributed by atoms with Crippen molar-refractivity contribution in [3.8, 4) is 11.5 Å². The maximum absolute atomic E-state index is 13.0. The molecule has 2 aromatic rings. The van der Waals surface area contributed by atoms with Crippen LogP contribution in [0.25, 0.3) is 0 Å². The van der Waals surface area contributed by atoms with Crippen molar-refractivity contribution in [3.63, 3.8) is 0 Å². The smallest absolute Gasteiger partial charge is 0.276 e. The molecule has 2 fully saturated rings. The number of amides is 1. The molecule has 138 valence electrons. The fourth-order valence-electron chi connectivity index (χ4n) is 4.19. The minimum atomic E-state index is -0.0380. The van der Waals surface area contributed by atoms with Crippen molar-refractivity contribution in [2.24, 2.45) is 5.92 Å². The molecule has 6 heteroatoms. The highest BCUT2D eigenvalue weighted by molar-refractivity contribution is 5.93. The SMILES string of the molecule is CCc1cc(C(=O)N2[C@@H]3CC[C@H](C3)[C@H]2COc2ccc(OC)cc2)no1. The van der Waals surface area contributed by atoms with Crippen LogP contribution < -0.4 is 9.47 Å². The number of nitrogens with zero attached hydrogens (tertiary/aromatic N) is 2. The fraction of sp³-hybridized carbons (Fsp3) is 0.500. The van der Waals surface area contributed by atoms with Crippen molar-refractivity contribution in [2.45, 2.75) is 44.7 Å². The van der Waals surface area contributed by atoms with Gasteiger partial charge in [-0.25, -0.2) is 0 Å². The average molecular weight is 356 g/mol. The Hall–Kier alpha value is -2.50. The molecule has 0 spiro atoms. The highest BCUT2D eigenvalue weighted by atomic mass is 16.5. The number of carbonyl (C=O) groups is 1. The third-order valence-corrected chi connectivity index (χ3v) is 5.58. The Kier molecular flexibility index (Phi) is 4.57.